The number of rotatable bonds is 12. The SMILES string of the molecule is CCC(=O)N[C@H]1C[C@@H](n2cnc3c(NCC(c4ccccc4)c4ccccc4)nc(N4CCC(NC(=O)NC5CCN(c6ccccn6)CC5)C4)nc32)C(O)C1O. The zero-order valence-corrected chi connectivity index (χ0v) is 32.1. The van der Waals surface area contributed by atoms with E-state index in [-0.39, 0.29) is 36.4 Å². The van der Waals surface area contributed by atoms with Crippen LogP contribution in [0.4, 0.5) is 22.4 Å². The van der Waals surface area contributed by atoms with Gasteiger partial charge in [-0.2, -0.15) is 9.97 Å². The Morgan fingerprint density at radius 2 is 1.46 bits per heavy atom. The van der Waals surface area contributed by atoms with Crippen LogP contribution in [0.15, 0.2) is 91.4 Å². The van der Waals surface area contributed by atoms with E-state index in [1.165, 1.54) is 0 Å². The summed E-state index contributed by atoms with van der Waals surface area (Å²) in [5.41, 5.74) is 3.34. The molecule has 1 saturated carbocycles. The topological polar surface area (TPSA) is 186 Å². The van der Waals surface area contributed by atoms with Gasteiger partial charge in [-0.1, -0.05) is 73.7 Å². The summed E-state index contributed by atoms with van der Waals surface area (Å²) in [6.45, 7) is 5.06. The largest absolute Gasteiger partial charge is 0.388 e. The average molecular weight is 774 g/mol. The molecule has 0 radical (unpaired) electrons. The first-order chi connectivity index (χ1) is 27.8. The standard InChI is InChI=1S/C42H51N11O4/c1-2-35(54)48-32-23-33(38(56)37(32)55)53-26-45-36-39(44-24-31(27-11-5-3-6-12-27)28-13-7-4-8-14-28)49-41(50-40(36)53)52-22-18-30(25-52)47-42(57)46-29-16-20-51(21-17-29)34-15-9-10-19-43-34/h3-15,19,26,29-33,37-38,55-56H,2,16-18,20-25H2,1H3,(H,48,54)(H,44,49,50)(H2,46,47,57)/t30?,32-,33+,37?,38?/m0/s1. The first kappa shape index (κ1) is 38.1. The number of benzene rings is 2. The van der Waals surface area contributed by atoms with E-state index in [0.717, 1.165) is 42.9 Å². The maximum Gasteiger partial charge on any atom is 0.315 e. The second-order valence-corrected chi connectivity index (χ2v) is 15.3. The van der Waals surface area contributed by atoms with E-state index < -0.39 is 24.3 Å². The maximum atomic E-state index is 13.2. The summed E-state index contributed by atoms with van der Waals surface area (Å²) in [7, 11) is 0. The van der Waals surface area contributed by atoms with Gasteiger partial charge in [-0.25, -0.2) is 14.8 Å². The van der Waals surface area contributed by atoms with Gasteiger partial charge in [-0.15, -0.1) is 0 Å². The minimum absolute atomic E-state index is 0.0128. The number of urea groups is 1. The van der Waals surface area contributed by atoms with Crippen LogP contribution in [0.2, 0.25) is 0 Å². The van der Waals surface area contributed by atoms with E-state index >= 15 is 0 Å². The fourth-order valence-electron chi connectivity index (χ4n) is 8.41. The molecule has 57 heavy (non-hydrogen) atoms. The molecule has 15 nitrogen and oxygen atoms in total. The summed E-state index contributed by atoms with van der Waals surface area (Å²) in [6.07, 6.45) is 4.10. The van der Waals surface area contributed by atoms with Crippen LogP contribution in [0.3, 0.4) is 0 Å². The molecule has 2 aromatic carbocycles. The summed E-state index contributed by atoms with van der Waals surface area (Å²) in [4.78, 5) is 49.1. The van der Waals surface area contributed by atoms with E-state index in [1.54, 1.807) is 24.0 Å². The minimum Gasteiger partial charge on any atom is -0.388 e. The fourth-order valence-corrected chi connectivity index (χ4v) is 8.41. The van der Waals surface area contributed by atoms with E-state index in [4.69, 9.17) is 15.0 Å². The number of aliphatic hydroxyl groups is 2. The van der Waals surface area contributed by atoms with Crippen molar-refractivity contribution in [3.63, 3.8) is 0 Å². The number of fused-ring (bicyclic) bond motifs is 1. The first-order valence-electron chi connectivity index (χ1n) is 20.1. The van der Waals surface area contributed by atoms with Crippen LogP contribution in [-0.2, 0) is 4.79 Å². The summed E-state index contributed by atoms with van der Waals surface area (Å²) in [5, 5.41) is 35.0. The van der Waals surface area contributed by atoms with Crippen molar-refractivity contribution in [2.45, 2.75) is 81.3 Å². The molecule has 6 N–H and O–H groups in total. The molecule has 3 aliphatic rings. The number of aliphatic hydroxyl groups excluding tert-OH is 2. The second kappa shape index (κ2) is 17.1. The maximum absolute atomic E-state index is 13.2. The quantitative estimate of drug-likeness (QED) is 0.109. The van der Waals surface area contributed by atoms with Gasteiger partial charge in [0.1, 0.15) is 18.0 Å². The molecule has 3 fully saturated rings. The molecular weight excluding hydrogens is 723 g/mol. The molecule has 3 amide bonds. The van der Waals surface area contributed by atoms with Crippen molar-refractivity contribution >= 4 is 40.7 Å². The summed E-state index contributed by atoms with van der Waals surface area (Å²) in [6, 6.07) is 25.1. The highest BCUT2D eigenvalue weighted by Crippen LogP contribution is 2.35. The van der Waals surface area contributed by atoms with Crippen LogP contribution in [0.5, 0.6) is 0 Å². The van der Waals surface area contributed by atoms with Crippen LogP contribution >= 0.6 is 0 Å². The van der Waals surface area contributed by atoms with Gasteiger partial charge in [0.2, 0.25) is 11.9 Å². The van der Waals surface area contributed by atoms with Crippen LogP contribution in [0, 0.1) is 0 Å². The predicted molar refractivity (Wildman–Crippen MR) is 218 cm³/mol. The highest BCUT2D eigenvalue weighted by molar-refractivity contribution is 5.85. The van der Waals surface area contributed by atoms with Crippen molar-refractivity contribution in [3.05, 3.63) is 103 Å². The molecular formula is C42H51N11O4. The van der Waals surface area contributed by atoms with E-state index in [9.17, 15) is 19.8 Å². The van der Waals surface area contributed by atoms with E-state index in [0.29, 0.717) is 55.4 Å². The average Bonchev–Trinajstić information content (AvgIpc) is 3.97. The third kappa shape index (κ3) is 8.49. The molecule has 3 unspecified atom stereocenters. The normalized spacial score (nSPS) is 22.6. The summed E-state index contributed by atoms with van der Waals surface area (Å²) < 4.78 is 1.79. The van der Waals surface area contributed by atoms with Gasteiger partial charge in [0.05, 0.1) is 18.4 Å². The van der Waals surface area contributed by atoms with E-state index in [1.807, 2.05) is 54.6 Å². The first-order valence-corrected chi connectivity index (χ1v) is 20.1. The number of anilines is 3. The third-order valence-electron chi connectivity index (χ3n) is 11.6. The van der Waals surface area contributed by atoms with Gasteiger partial charge < -0.3 is 45.8 Å². The number of carbonyl (C=O) groups is 2. The number of piperidine rings is 1. The Morgan fingerprint density at radius 3 is 2.14 bits per heavy atom. The molecule has 0 bridgehead atoms. The summed E-state index contributed by atoms with van der Waals surface area (Å²) >= 11 is 0. The molecule has 5 aromatic rings. The summed E-state index contributed by atoms with van der Waals surface area (Å²) in [5.74, 6) is 1.79. The lowest BCUT2D eigenvalue weighted by molar-refractivity contribution is -0.122. The van der Waals surface area contributed by atoms with Crippen molar-refractivity contribution in [3.8, 4) is 0 Å². The molecule has 15 heteroatoms. The highest BCUT2D eigenvalue weighted by atomic mass is 16.3. The van der Waals surface area contributed by atoms with Gasteiger partial charge >= 0.3 is 6.03 Å². The zero-order valence-electron chi connectivity index (χ0n) is 32.1. The lowest BCUT2D eigenvalue weighted by Crippen LogP contribution is -2.50. The Balaban J connectivity index is 1.01. The number of nitrogens with one attached hydrogen (secondary N) is 4. The van der Waals surface area contributed by atoms with Crippen molar-refractivity contribution < 1.29 is 19.8 Å². The number of aromatic nitrogens is 5. The number of nitrogens with zero attached hydrogens (tertiary/aromatic N) is 7. The Kier molecular flexibility index (Phi) is 11.5. The number of amides is 3. The van der Waals surface area contributed by atoms with Crippen molar-refractivity contribution in [1.82, 2.24) is 40.5 Å². The zero-order chi connectivity index (χ0) is 39.3. The molecule has 298 valence electrons. The lowest BCUT2D eigenvalue weighted by atomic mass is 9.91. The monoisotopic (exact) mass is 773 g/mol. The fraction of sp³-hybridized carbons (Fsp3) is 0.429. The van der Waals surface area contributed by atoms with Crippen molar-refractivity contribution in [2.24, 2.45) is 0 Å². The Morgan fingerprint density at radius 1 is 0.789 bits per heavy atom. The van der Waals surface area contributed by atoms with Crippen LogP contribution in [0.1, 0.15) is 62.1 Å². The molecule has 8 rings (SSSR count). The van der Waals surface area contributed by atoms with E-state index in [2.05, 4.69) is 60.3 Å². The van der Waals surface area contributed by atoms with Gasteiger partial charge in [0.15, 0.2) is 17.0 Å². The van der Waals surface area contributed by atoms with Crippen LogP contribution in [0.25, 0.3) is 11.2 Å². The van der Waals surface area contributed by atoms with Gasteiger partial charge in [-0.3, -0.25) is 4.79 Å². The molecule has 2 saturated heterocycles. The molecule has 5 atom stereocenters. The third-order valence-corrected chi connectivity index (χ3v) is 11.6. The minimum atomic E-state index is -1.15. The molecule has 1 aliphatic carbocycles. The molecule has 3 aromatic heterocycles. The van der Waals surface area contributed by atoms with Crippen molar-refractivity contribution in [2.75, 3.05) is 47.8 Å². The Bertz CT molecular complexity index is 2070. The highest BCUT2D eigenvalue weighted by Gasteiger charge is 2.44. The smallest absolute Gasteiger partial charge is 0.315 e. The number of carbonyl (C=O) groups excluding carboxylic acids is 2. The van der Waals surface area contributed by atoms with Gasteiger partial charge in [0.25, 0.3) is 0 Å². The van der Waals surface area contributed by atoms with Crippen LogP contribution < -0.4 is 31.1 Å². The lowest BCUT2D eigenvalue weighted by Gasteiger charge is -2.33. The van der Waals surface area contributed by atoms with Crippen molar-refractivity contribution in [1.29, 1.82) is 0 Å². The number of pyridine rings is 1. The van der Waals surface area contributed by atoms with Gasteiger partial charge in [-0.05, 0) is 48.9 Å². The van der Waals surface area contributed by atoms with Crippen LogP contribution in [-0.4, -0.2) is 110 Å². The number of hydrogen-bond acceptors (Lipinski definition) is 11. The number of hydrogen-bond donors (Lipinski definition) is 6. The second-order valence-electron chi connectivity index (χ2n) is 15.3. The molecule has 5 heterocycles. The number of imidazole rings is 1. The Labute approximate surface area is 331 Å². The van der Waals surface area contributed by atoms with Gasteiger partial charge in [0, 0.05) is 63.3 Å². The predicted octanol–water partition coefficient (Wildman–Crippen LogP) is 3.57. The Hall–Kier alpha value is -5.80. The molecule has 0 spiro atoms. The molecule has 2 aliphatic heterocycles.